The summed E-state index contributed by atoms with van der Waals surface area (Å²) in [7, 11) is 0. The third-order valence-corrected chi connectivity index (χ3v) is 8.31. The molecule has 2 aromatic rings. The summed E-state index contributed by atoms with van der Waals surface area (Å²) in [4.78, 5) is 0. The van der Waals surface area contributed by atoms with Crippen molar-refractivity contribution in [1.82, 2.24) is 0 Å². The molecule has 0 bridgehead atoms. The van der Waals surface area contributed by atoms with E-state index in [-0.39, 0.29) is 5.82 Å². The molecular formula is C14H17FPb. The number of hydrogen-bond donors (Lipinski definition) is 0. The van der Waals surface area contributed by atoms with E-state index in [2.05, 4.69) is 25.6 Å². The summed E-state index contributed by atoms with van der Waals surface area (Å²) in [5.41, 5.74) is 1.41. The van der Waals surface area contributed by atoms with Crippen LogP contribution in [0.5, 0.6) is 0 Å². The molecule has 0 amide bonds. The Kier molecular flexibility index (Phi) is 3.33. The molecular weight excluding hydrogens is 394 g/mol. The quantitative estimate of drug-likeness (QED) is 0.643. The topological polar surface area (TPSA) is 0 Å². The Labute approximate surface area is 101 Å². The van der Waals surface area contributed by atoms with Crippen LogP contribution in [0.2, 0.25) is 13.4 Å². The van der Waals surface area contributed by atoms with Crippen molar-refractivity contribution in [2.24, 2.45) is 0 Å². The van der Waals surface area contributed by atoms with Gasteiger partial charge in [-0.25, -0.2) is 0 Å². The molecule has 0 heterocycles. The van der Waals surface area contributed by atoms with Crippen molar-refractivity contribution in [2.75, 3.05) is 0 Å². The molecule has 0 saturated heterocycles. The Morgan fingerprint density at radius 1 is 0.938 bits per heavy atom. The number of halogens is 1. The minimum atomic E-state index is -1.88. The van der Waals surface area contributed by atoms with E-state index in [9.17, 15) is 4.39 Å². The molecule has 0 aliphatic heterocycles. The van der Waals surface area contributed by atoms with Crippen molar-refractivity contribution in [3.05, 3.63) is 47.8 Å². The van der Waals surface area contributed by atoms with Gasteiger partial charge in [0.05, 0.1) is 0 Å². The molecule has 0 aliphatic rings. The fraction of sp³-hybridized carbons (Fsp3) is 0.286. The Morgan fingerprint density at radius 2 is 1.56 bits per heavy atom. The molecule has 0 atom stereocenters. The Balaban J connectivity index is 2.41. The molecule has 0 N–H and O–H groups in total. The average Bonchev–Trinajstić information content (AvgIpc) is 2.16. The van der Waals surface area contributed by atoms with Crippen LogP contribution in [-0.2, 0) is 3.98 Å². The van der Waals surface area contributed by atoms with Crippen LogP contribution in [0, 0.1) is 5.82 Å². The molecule has 0 radical (unpaired) electrons. The SMILES string of the molecule is [CH3][Pb]([CH3])([CH3])[CH2]c1ccc2cc(F)ccc2c1. The maximum atomic E-state index is 13.0. The molecule has 2 aromatic carbocycles. The molecule has 0 spiro atoms. The van der Waals surface area contributed by atoms with E-state index < -0.39 is 21.2 Å². The molecule has 84 valence electrons. The van der Waals surface area contributed by atoms with Gasteiger partial charge >= 0.3 is 102 Å². The molecule has 2 heteroatoms. The second-order valence-corrected chi connectivity index (χ2v) is 26.8. The van der Waals surface area contributed by atoms with Crippen molar-refractivity contribution in [1.29, 1.82) is 0 Å². The number of fused-ring (bicyclic) bond motifs is 1. The van der Waals surface area contributed by atoms with Gasteiger partial charge in [0.25, 0.3) is 0 Å². The molecule has 0 unspecified atom stereocenters. The van der Waals surface area contributed by atoms with Crippen LogP contribution in [0.4, 0.5) is 4.39 Å². The third kappa shape index (κ3) is 3.03. The van der Waals surface area contributed by atoms with Gasteiger partial charge in [-0.15, -0.1) is 0 Å². The first-order valence-electron chi connectivity index (χ1n) is 5.62. The van der Waals surface area contributed by atoms with Gasteiger partial charge in [-0.3, -0.25) is 0 Å². The second-order valence-electron chi connectivity index (χ2n) is 5.56. The molecule has 16 heavy (non-hydrogen) atoms. The van der Waals surface area contributed by atoms with Crippen LogP contribution >= 0.6 is 0 Å². The zero-order valence-corrected chi connectivity index (χ0v) is 13.9. The normalized spacial score (nSPS) is 12.0. The Morgan fingerprint density at radius 3 is 2.25 bits per heavy atom. The Bertz CT molecular complexity index is 512. The summed E-state index contributed by atoms with van der Waals surface area (Å²) in [6, 6.07) is 11.4. The first-order valence-corrected chi connectivity index (χ1v) is 20.0. The summed E-state index contributed by atoms with van der Waals surface area (Å²) in [6.07, 6.45) is 0. The predicted molar refractivity (Wildman–Crippen MR) is 71.0 cm³/mol. The van der Waals surface area contributed by atoms with Crippen LogP contribution < -0.4 is 0 Å². The Hall–Kier alpha value is -0.448. The summed E-state index contributed by atoms with van der Waals surface area (Å²) in [5, 5.41) is 2.14. The van der Waals surface area contributed by atoms with Gasteiger partial charge in [0.1, 0.15) is 0 Å². The van der Waals surface area contributed by atoms with Gasteiger partial charge in [0, 0.05) is 0 Å². The maximum absolute atomic E-state index is 13.0. The van der Waals surface area contributed by atoms with Crippen molar-refractivity contribution >= 4 is 31.9 Å². The van der Waals surface area contributed by atoms with Gasteiger partial charge in [-0.2, -0.15) is 0 Å². The van der Waals surface area contributed by atoms with E-state index in [1.54, 1.807) is 6.07 Å². The van der Waals surface area contributed by atoms with E-state index in [0.717, 1.165) is 10.8 Å². The van der Waals surface area contributed by atoms with Crippen LogP contribution in [-0.4, -0.2) is 21.2 Å². The van der Waals surface area contributed by atoms with Crippen LogP contribution in [0.3, 0.4) is 0 Å². The standard InChI is InChI=1S/C11H8F.3CH3.Pb/c1-8-2-3-10-7-11(12)5-4-9(10)6-8;;;;/h2-7H,1H2;3*1H3;. The van der Waals surface area contributed by atoms with Gasteiger partial charge in [0.15, 0.2) is 0 Å². The van der Waals surface area contributed by atoms with Crippen molar-refractivity contribution < 1.29 is 4.39 Å². The van der Waals surface area contributed by atoms with Crippen LogP contribution in [0.1, 0.15) is 5.56 Å². The first kappa shape index (κ1) is 12.0. The molecule has 2 rings (SSSR count). The van der Waals surface area contributed by atoms with Gasteiger partial charge in [0.2, 0.25) is 0 Å². The summed E-state index contributed by atoms with van der Waals surface area (Å²) >= 11 is -1.88. The predicted octanol–water partition coefficient (Wildman–Crippen LogP) is 4.40. The number of benzene rings is 2. The van der Waals surface area contributed by atoms with Crippen molar-refractivity contribution in [2.45, 2.75) is 17.4 Å². The number of rotatable bonds is 2. The fourth-order valence-electron chi connectivity index (χ4n) is 1.99. The van der Waals surface area contributed by atoms with Gasteiger partial charge < -0.3 is 0 Å². The molecule has 0 fully saturated rings. The zero-order valence-electron chi connectivity index (χ0n) is 10.0. The van der Waals surface area contributed by atoms with E-state index in [4.69, 9.17) is 0 Å². The first-order chi connectivity index (χ1) is 7.44. The average molecular weight is 411 g/mol. The molecule has 0 nitrogen and oxygen atoms in total. The van der Waals surface area contributed by atoms with E-state index in [1.165, 1.54) is 15.6 Å². The van der Waals surface area contributed by atoms with Crippen LogP contribution in [0.25, 0.3) is 10.8 Å². The monoisotopic (exact) mass is 412 g/mol. The fourth-order valence-corrected chi connectivity index (χ4v) is 7.60. The molecule has 0 aliphatic carbocycles. The number of hydrogen-bond acceptors (Lipinski definition) is 0. The summed E-state index contributed by atoms with van der Waals surface area (Å²) in [5.74, 6) is -0.156. The summed E-state index contributed by atoms with van der Waals surface area (Å²) in [6.45, 7) is 0. The molecule has 0 aromatic heterocycles. The third-order valence-electron chi connectivity index (χ3n) is 2.60. The van der Waals surface area contributed by atoms with E-state index >= 15 is 0 Å². The molecule has 0 saturated carbocycles. The second kappa shape index (κ2) is 4.43. The van der Waals surface area contributed by atoms with Crippen molar-refractivity contribution in [3.8, 4) is 0 Å². The van der Waals surface area contributed by atoms with Gasteiger partial charge in [-0.05, 0) is 0 Å². The van der Waals surface area contributed by atoms with E-state index in [1.807, 2.05) is 12.1 Å². The van der Waals surface area contributed by atoms with Crippen LogP contribution in [0.15, 0.2) is 36.4 Å². The van der Waals surface area contributed by atoms with Crippen molar-refractivity contribution in [3.63, 3.8) is 0 Å². The van der Waals surface area contributed by atoms with E-state index in [0.29, 0.717) is 0 Å². The zero-order chi connectivity index (χ0) is 11.8. The minimum absolute atomic E-state index is 0.156. The summed E-state index contributed by atoms with van der Waals surface area (Å²) < 4.78 is 21.6. The van der Waals surface area contributed by atoms with Gasteiger partial charge in [-0.1, -0.05) is 0 Å².